The third kappa shape index (κ3) is 3.44. The van der Waals surface area contributed by atoms with E-state index in [9.17, 15) is 18.5 Å². The topological polar surface area (TPSA) is 77.3 Å². The maximum absolute atomic E-state index is 11.5. The predicted molar refractivity (Wildman–Crippen MR) is 61.5 cm³/mol. The molecule has 16 heavy (non-hydrogen) atoms. The average Bonchev–Trinajstić information content (AvgIpc) is 2.14. The van der Waals surface area contributed by atoms with Gasteiger partial charge in [-0.2, -0.15) is 0 Å². The van der Waals surface area contributed by atoms with Gasteiger partial charge in [-0.25, -0.2) is 8.42 Å². The van der Waals surface area contributed by atoms with E-state index in [0.29, 0.717) is 0 Å². The molecule has 5 nitrogen and oxygen atoms in total. The van der Waals surface area contributed by atoms with Gasteiger partial charge in [0.1, 0.15) is 0 Å². The van der Waals surface area contributed by atoms with Crippen LogP contribution in [0.5, 0.6) is 0 Å². The summed E-state index contributed by atoms with van der Waals surface area (Å²) in [6.07, 6.45) is 6.66. The van der Waals surface area contributed by atoms with Crippen LogP contribution < -0.4 is 0 Å². The second-order valence-electron chi connectivity index (χ2n) is 4.06. The number of hydrogen-bond donors (Lipinski definition) is 0. The van der Waals surface area contributed by atoms with Crippen molar-refractivity contribution in [1.29, 1.82) is 0 Å². The first-order valence-corrected chi connectivity index (χ1v) is 6.95. The third-order valence-electron chi connectivity index (χ3n) is 2.59. The molecule has 0 radical (unpaired) electrons. The van der Waals surface area contributed by atoms with Crippen molar-refractivity contribution < 1.29 is 13.3 Å². The van der Waals surface area contributed by atoms with E-state index in [2.05, 4.69) is 0 Å². The van der Waals surface area contributed by atoms with Crippen molar-refractivity contribution in [2.24, 2.45) is 5.92 Å². The lowest BCUT2D eigenvalue weighted by molar-refractivity contribution is -0.479. The molecular formula is C10H15NO4S. The summed E-state index contributed by atoms with van der Waals surface area (Å²) in [5, 5.41) is 9.66. The number of sulfone groups is 1. The molecule has 0 fully saturated rings. The lowest BCUT2D eigenvalue weighted by atomic mass is 9.96. The third-order valence-corrected chi connectivity index (χ3v) is 4.14. The first-order chi connectivity index (χ1) is 7.30. The molecule has 1 aliphatic carbocycles. The molecule has 0 bridgehead atoms. The van der Waals surface area contributed by atoms with Gasteiger partial charge in [0.05, 0.1) is 5.25 Å². The van der Waals surface area contributed by atoms with Crippen LogP contribution in [-0.2, 0) is 9.84 Å². The van der Waals surface area contributed by atoms with E-state index in [1.54, 1.807) is 18.2 Å². The SMILES string of the molecule is CC1C=CC(CC[N+](=O)[O-])=CC1S(C)(=O)=O. The molecule has 0 aliphatic heterocycles. The molecule has 6 heteroatoms. The first kappa shape index (κ1) is 12.9. The Kier molecular flexibility index (Phi) is 3.85. The van der Waals surface area contributed by atoms with Crippen LogP contribution >= 0.6 is 0 Å². The summed E-state index contributed by atoms with van der Waals surface area (Å²) < 4.78 is 22.9. The zero-order chi connectivity index (χ0) is 12.3. The highest BCUT2D eigenvalue weighted by atomic mass is 32.2. The van der Waals surface area contributed by atoms with E-state index < -0.39 is 20.0 Å². The molecule has 0 aromatic carbocycles. The van der Waals surface area contributed by atoms with E-state index in [-0.39, 0.29) is 18.9 Å². The first-order valence-electron chi connectivity index (χ1n) is 5.00. The monoisotopic (exact) mass is 245 g/mol. The van der Waals surface area contributed by atoms with Gasteiger partial charge in [0.25, 0.3) is 0 Å². The van der Waals surface area contributed by atoms with Crippen LogP contribution in [-0.4, -0.2) is 31.4 Å². The number of allylic oxidation sites excluding steroid dienone is 2. The van der Waals surface area contributed by atoms with Crippen molar-refractivity contribution in [3.05, 3.63) is 33.9 Å². The van der Waals surface area contributed by atoms with Crippen LogP contribution in [0.4, 0.5) is 0 Å². The zero-order valence-corrected chi connectivity index (χ0v) is 10.1. The highest BCUT2D eigenvalue weighted by molar-refractivity contribution is 7.91. The normalized spacial score (nSPS) is 25.2. The number of nitro groups is 1. The molecule has 0 saturated carbocycles. The second-order valence-corrected chi connectivity index (χ2v) is 6.26. The predicted octanol–water partition coefficient (Wildman–Crippen LogP) is 1.20. The fraction of sp³-hybridized carbons (Fsp3) is 0.600. The van der Waals surface area contributed by atoms with E-state index in [1.807, 2.05) is 6.92 Å². The van der Waals surface area contributed by atoms with Crippen molar-refractivity contribution >= 4 is 9.84 Å². The van der Waals surface area contributed by atoms with Crippen molar-refractivity contribution in [3.63, 3.8) is 0 Å². The number of rotatable bonds is 4. The van der Waals surface area contributed by atoms with Crippen LogP contribution in [0.25, 0.3) is 0 Å². The number of hydrogen-bond acceptors (Lipinski definition) is 4. The summed E-state index contributed by atoms with van der Waals surface area (Å²) >= 11 is 0. The highest BCUT2D eigenvalue weighted by Crippen LogP contribution is 2.23. The summed E-state index contributed by atoms with van der Waals surface area (Å²) in [6.45, 7) is 1.66. The minimum absolute atomic E-state index is 0.0747. The van der Waals surface area contributed by atoms with Crippen LogP contribution in [0.15, 0.2) is 23.8 Å². The van der Waals surface area contributed by atoms with E-state index in [1.165, 1.54) is 6.26 Å². The minimum atomic E-state index is -3.14. The Morgan fingerprint density at radius 2 is 2.12 bits per heavy atom. The van der Waals surface area contributed by atoms with Crippen molar-refractivity contribution in [3.8, 4) is 0 Å². The molecule has 0 N–H and O–H groups in total. The molecule has 0 amide bonds. The van der Waals surface area contributed by atoms with Gasteiger partial charge in [-0.1, -0.05) is 25.2 Å². The molecule has 1 aliphatic rings. The quantitative estimate of drug-likeness (QED) is 0.550. The standard InChI is InChI=1S/C10H15NO4S/c1-8-3-4-9(5-6-11(12)13)7-10(8)16(2,14)15/h3-4,7-8,10H,5-6H2,1-2H3. The molecule has 1 rings (SSSR count). The van der Waals surface area contributed by atoms with Gasteiger partial charge >= 0.3 is 0 Å². The molecule has 0 saturated heterocycles. The van der Waals surface area contributed by atoms with E-state index in [4.69, 9.17) is 0 Å². The minimum Gasteiger partial charge on any atom is -0.265 e. The molecule has 2 atom stereocenters. The lowest BCUT2D eigenvalue weighted by Gasteiger charge is -2.21. The fourth-order valence-electron chi connectivity index (χ4n) is 1.70. The molecule has 0 aromatic heterocycles. The maximum Gasteiger partial charge on any atom is 0.207 e. The second kappa shape index (κ2) is 4.78. The molecule has 2 unspecified atom stereocenters. The summed E-state index contributed by atoms with van der Waals surface area (Å²) in [6, 6.07) is 0. The molecule has 90 valence electrons. The Labute approximate surface area is 94.9 Å². The van der Waals surface area contributed by atoms with E-state index >= 15 is 0 Å². The zero-order valence-electron chi connectivity index (χ0n) is 9.29. The van der Waals surface area contributed by atoms with Gasteiger partial charge in [0.15, 0.2) is 9.84 Å². The number of nitrogens with zero attached hydrogens (tertiary/aromatic N) is 1. The summed E-state index contributed by atoms with van der Waals surface area (Å²) in [7, 11) is -3.14. The Morgan fingerprint density at radius 1 is 1.50 bits per heavy atom. The maximum atomic E-state index is 11.5. The average molecular weight is 245 g/mol. The largest absolute Gasteiger partial charge is 0.265 e. The smallest absolute Gasteiger partial charge is 0.207 e. The van der Waals surface area contributed by atoms with Crippen LogP contribution in [0.3, 0.4) is 0 Å². The van der Waals surface area contributed by atoms with Gasteiger partial charge < -0.3 is 0 Å². The van der Waals surface area contributed by atoms with Crippen molar-refractivity contribution in [2.75, 3.05) is 12.8 Å². The molecular weight excluding hydrogens is 230 g/mol. The Balaban J connectivity index is 2.81. The van der Waals surface area contributed by atoms with Gasteiger partial charge in [-0.15, -0.1) is 0 Å². The lowest BCUT2D eigenvalue weighted by Crippen LogP contribution is -2.26. The van der Waals surface area contributed by atoms with Crippen LogP contribution in [0, 0.1) is 16.0 Å². The van der Waals surface area contributed by atoms with Crippen LogP contribution in [0.1, 0.15) is 13.3 Å². The van der Waals surface area contributed by atoms with Crippen LogP contribution in [0.2, 0.25) is 0 Å². The Morgan fingerprint density at radius 3 is 2.62 bits per heavy atom. The van der Waals surface area contributed by atoms with E-state index in [0.717, 1.165) is 5.57 Å². The Hall–Kier alpha value is -1.17. The highest BCUT2D eigenvalue weighted by Gasteiger charge is 2.26. The molecule has 0 heterocycles. The van der Waals surface area contributed by atoms with Gasteiger partial charge in [0.2, 0.25) is 6.54 Å². The van der Waals surface area contributed by atoms with Gasteiger partial charge in [-0.05, 0) is 11.5 Å². The molecule has 0 spiro atoms. The summed E-state index contributed by atoms with van der Waals surface area (Å²) in [4.78, 5) is 9.82. The Bertz CT molecular complexity index is 436. The van der Waals surface area contributed by atoms with Crippen molar-refractivity contribution in [2.45, 2.75) is 18.6 Å². The molecule has 0 aromatic rings. The van der Waals surface area contributed by atoms with Gasteiger partial charge in [0, 0.05) is 17.6 Å². The summed E-state index contributed by atoms with van der Waals surface area (Å²) in [5.74, 6) is -0.0747. The summed E-state index contributed by atoms with van der Waals surface area (Å²) in [5.41, 5.74) is 0.727. The van der Waals surface area contributed by atoms with Crippen molar-refractivity contribution in [1.82, 2.24) is 0 Å². The van der Waals surface area contributed by atoms with Gasteiger partial charge in [-0.3, -0.25) is 10.1 Å². The fourth-order valence-corrected chi connectivity index (χ4v) is 3.00.